The molecule has 1 heterocycles. The smallest absolute Gasteiger partial charge is 0.265 e. The lowest BCUT2D eigenvalue weighted by atomic mass is 10.1. The van der Waals surface area contributed by atoms with Crippen LogP contribution in [0.15, 0.2) is 6.20 Å². The first-order chi connectivity index (χ1) is 6.99. The summed E-state index contributed by atoms with van der Waals surface area (Å²) < 4.78 is 30.2. The van der Waals surface area contributed by atoms with E-state index < -0.39 is 17.9 Å². The van der Waals surface area contributed by atoms with Gasteiger partial charge >= 0.3 is 0 Å². The molecule has 2 N–H and O–H groups in total. The van der Waals surface area contributed by atoms with E-state index in [1.807, 2.05) is 0 Å². The minimum Gasteiger partial charge on any atom is -0.480 e. The first-order valence-electron chi connectivity index (χ1n) is 3.79. The maximum Gasteiger partial charge on any atom is 0.265 e. The summed E-state index contributed by atoms with van der Waals surface area (Å²) in [6.07, 6.45) is -1.80. The van der Waals surface area contributed by atoms with E-state index >= 15 is 0 Å². The van der Waals surface area contributed by atoms with Gasteiger partial charge in [-0.25, -0.2) is 13.8 Å². The number of rotatable bonds is 3. The fourth-order valence-corrected chi connectivity index (χ4v) is 1.92. The SMILES string of the molecule is COc1ncc(C(N)=O)c(C(F)F)c1I. The van der Waals surface area contributed by atoms with Gasteiger partial charge in [0, 0.05) is 6.20 Å². The number of aromatic nitrogens is 1. The Bertz CT molecular complexity index is 398. The number of alkyl halides is 2. The van der Waals surface area contributed by atoms with Crippen molar-refractivity contribution in [2.45, 2.75) is 6.43 Å². The van der Waals surface area contributed by atoms with Gasteiger partial charge in [-0.15, -0.1) is 0 Å². The van der Waals surface area contributed by atoms with Crippen LogP contribution in [0.2, 0.25) is 0 Å². The van der Waals surface area contributed by atoms with Crippen molar-refractivity contribution >= 4 is 28.5 Å². The zero-order valence-electron chi connectivity index (χ0n) is 7.63. The molecule has 0 aliphatic rings. The number of nitrogens with zero attached hydrogens (tertiary/aromatic N) is 1. The third kappa shape index (κ3) is 2.33. The highest BCUT2D eigenvalue weighted by atomic mass is 127. The molecule has 0 atom stereocenters. The summed E-state index contributed by atoms with van der Waals surface area (Å²) in [5.41, 5.74) is 4.24. The Morgan fingerprint density at radius 3 is 2.67 bits per heavy atom. The van der Waals surface area contributed by atoms with E-state index in [-0.39, 0.29) is 15.0 Å². The summed E-state index contributed by atoms with van der Waals surface area (Å²) in [6.45, 7) is 0. The first-order valence-corrected chi connectivity index (χ1v) is 4.87. The molecule has 0 spiro atoms. The zero-order valence-corrected chi connectivity index (χ0v) is 9.79. The summed E-state index contributed by atoms with van der Waals surface area (Å²) >= 11 is 1.64. The highest BCUT2D eigenvalue weighted by molar-refractivity contribution is 14.1. The second kappa shape index (κ2) is 4.69. The van der Waals surface area contributed by atoms with Crippen LogP contribution in [0.4, 0.5) is 8.78 Å². The highest BCUT2D eigenvalue weighted by Crippen LogP contribution is 2.32. The molecule has 0 aromatic carbocycles. The molecule has 1 rings (SSSR count). The number of carbonyl (C=O) groups excluding carboxylic acids is 1. The Kier molecular flexibility index (Phi) is 3.77. The van der Waals surface area contributed by atoms with Crippen LogP contribution in [0.5, 0.6) is 5.88 Å². The fraction of sp³-hybridized carbons (Fsp3) is 0.250. The summed E-state index contributed by atoms with van der Waals surface area (Å²) in [5.74, 6) is -0.880. The minimum absolute atomic E-state index is 0.0518. The second-order valence-corrected chi connectivity index (χ2v) is 3.65. The molecular formula is C8H7F2IN2O2. The highest BCUT2D eigenvalue weighted by Gasteiger charge is 2.23. The van der Waals surface area contributed by atoms with Crippen LogP contribution in [0.1, 0.15) is 22.3 Å². The molecule has 0 bridgehead atoms. The van der Waals surface area contributed by atoms with E-state index in [9.17, 15) is 13.6 Å². The molecular weight excluding hydrogens is 321 g/mol. The standard InChI is InChI=1S/C8H7F2IN2O2/c1-15-8-5(11)4(6(9)10)3(2-13-8)7(12)14/h2,6H,1H3,(H2,12,14). The van der Waals surface area contributed by atoms with Crippen molar-refractivity contribution in [2.24, 2.45) is 5.73 Å². The van der Waals surface area contributed by atoms with Gasteiger partial charge in [0.2, 0.25) is 5.88 Å². The molecule has 0 aliphatic heterocycles. The normalized spacial score (nSPS) is 10.5. The van der Waals surface area contributed by atoms with Gasteiger partial charge in [0.25, 0.3) is 12.3 Å². The third-order valence-corrected chi connectivity index (χ3v) is 2.74. The van der Waals surface area contributed by atoms with E-state index in [1.54, 1.807) is 22.6 Å². The number of hydrogen-bond acceptors (Lipinski definition) is 3. The molecule has 15 heavy (non-hydrogen) atoms. The number of hydrogen-bond donors (Lipinski definition) is 1. The lowest BCUT2D eigenvalue weighted by Gasteiger charge is -2.10. The lowest BCUT2D eigenvalue weighted by Crippen LogP contribution is -2.16. The average molecular weight is 328 g/mol. The molecule has 0 fully saturated rings. The number of pyridine rings is 1. The number of primary amides is 1. The van der Waals surface area contributed by atoms with Gasteiger partial charge in [-0.05, 0) is 22.6 Å². The van der Waals surface area contributed by atoms with Gasteiger partial charge in [-0.3, -0.25) is 4.79 Å². The predicted molar refractivity (Wildman–Crippen MR) is 57.0 cm³/mol. The Morgan fingerprint density at radius 1 is 1.67 bits per heavy atom. The maximum absolute atomic E-state index is 12.7. The molecule has 0 radical (unpaired) electrons. The first kappa shape index (κ1) is 12.1. The molecule has 82 valence electrons. The van der Waals surface area contributed by atoms with Gasteiger partial charge in [-0.2, -0.15) is 0 Å². The molecule has 0 aliphatic carbocycles. The van der Waals surface area contributed by atoms with Gasteiger partial charge in [0.15, 0.2) is 0 Å². The maximum atomic E-state index is 12.7. The molecule has 1 aromatic heterocycles. The largest absolute Gasteiger partial charge is 0.480 e. The van der Waals surface area contributed by atoms with Crippen LogP contribution < -0.4 is 10.5 Å². The average Bonchev–Trinajstić information content (AvgIpc) is 2.16. The van der Waals surface area contributed by atoms with Gasteiger partial charge in [0.1, 0.15) is 0 Å². The molecule has 1 aromatic rings. The van der Waals surface area contributed by atoms with Crippen LogP contribution in [0.3, 0.4) is 0 Å². The Balaban J connectivity index is 3.44. The number of ether oxygens (including phenoxy) is 1. The van der Waals surface area contributed by atoms with Gasteiger partial charge in [-0.1, -0.05) is 0 Å². The summed E-state index contributed by atoms with van der Waals surface area (Å²) in [5, 5.41) is 0. The Hall–Kier alpha value is -0.990. The minimum atomic E-state index is -2.80. The summed E-state index contributed by atoms with van der Waals surface area (Å²) in [7, 11) is 1.31. The number of halogens is 3. The van der Waals surface area contributed by atoms with Crippen LogP contribution in [0.25, 0.3) is 0 Å². The summed E-state index contributed by atoms with van der Waals surface area (Å²) in [6, 6.07) is 0. The predicted octanol–water partition coefficient (Wildman–Crippen LogP) is 1.73. The fourth-order valence-electron chi connectivity index (χ4n) is 1.03. The molecule has 0 saturated heterocycles. The van der Waals surface area contributed by atoms with Crippen molar-refractivity contribution < 1.29 is 18.3 Å². The molecule has 0 saturated carbocycles. The second-order valence-electron chi connectivity index (χ2n) is 2.57. The number of amides is 1. The molecule has 0 unspecified atom stereocenters. The topological polar surface area (TPSA) is 65.2 Å². The van der Waals surface area contributed by atoms with Crippen LogP contribution in [0, 0.1) is 3.57 Å². The summed E-state index contributed by atoms with van der Waals surface area (Å²) in [4.78, 5) is 14.6. The van der Waals surface area contributed by atoms with Crippen molar-refractivity contribution in [1.82, 2.24) is 4.98 Å². The van der Waals surface area contributed by atoms with Crippen LogP contribution in [-0.2, 0) is 0 Å². The quantitative estimate of drug-likeness (QED) is 0.860. The van der Waals surface area contributed by atoms with E-state index in [0.29, 0.717) is 0 Å². The molecule has 4 nitrogen and oxygen atoms in total. The number of methoxy groups -OCH3 is 1. The van der Waals surface area contributed by atoms with Crippen molar-refractivity contribution in [2.75, 3.05) is 7.11 Å². The van der Waals surface area contributed by atoms with E-state index in [4.69, 9.17) is 10.5 Å². The van der Waals surface area contributed by atoms with E-state index in [2.05, 4.69) is 4.98 Å². The van der Waals surface area contributed by atoms with Gasteiger partial charge in [0.05, 0.1) is 21.8 Å². The third-order valence-electron chi connectivity index (χ3n) is 1.70. The van der Waals surface area contributed by atoms with E-state index in [0.717, 1.165) is 6.20 Å². The Labute approximate surface area is 98.0 Å². The molecule has 1 amide bonds. The van der Waals surface area contributed by atoms with Crippen molar-refractivity contribution in [3.8, 4) is 5.88 Å². The van der Waals surface area contributed by atoms with E-state index in [1.165, 1.54) is 7.11 Å². The lowest BCUT2D eigenvalue weighted by molar-refractivity contribution is 0.0984. The number of carbonyl (C=O) groups is 1. The zero-order chi connectivity index (χ0) is 11.6. The van der Waals surface area contributed by atoms with Gasteiger partial charge < -0.3 is 10.5 Å². The Morgan fingerprint density at radius 2 is 2.27 bits per heavy atom. The monoisotopic (exact) mass is 328 g/mol. The van der Waals surface area contributed by atoms with Crippen LogP contribution in [-0.4, -0.2) is 18.0 Å². The molecule has 7 heteroatoms. The van der Waals surface area contributed by atoms with Crippen LogP contribution >= 0.6 is 22.6 Å². The van der Waals surface area contributed by atoms with Crippen molar-refractivity contribution in [3.05, 3.63) is 20.9 Å². The van der Waals surface area contributed by atoms with Crippen molar-refractivity contribution in [1.29, 1.82) is 0 Å². The van der Waals surface area contributed by atoms with Crippen molar-refractivity contribution in [3.63, 3.8) is 0 Å². The number of nitrogens with two attached hydrogens (primary N) is 1.